The monoisotopic (exact) mass is 445 g/mol. The van der Waals surface area contributed by atoms with Crippen LogP contribution in [0.2, 0.25) is 0 Å². The minimum Gasteiger partial charge on any atom is -0.376 e. The number of halogens is 3. The molecule has 0 bridgehead atoms. The number of alkyl halides is 3. The van der Waals surface area contributed by atoms with Gasteiger partial charge >= 0.3 is 15.6 Å². The normalized spacial score (nSPS) is 25.1. The third kappa shape index (κ3) is 4.37. The molecule has 30 heavy (non-hydrogen) atoms. The van der Waals surface area contributed by atoms with Gasteiger partial charge in [0.05, 0.1) is 6.07 Å². The van der Waals surface area contributed by atoms with Crippen molar-refractivity contribution in [2.45, 2.75) is 57.0 Å². The van der Waals surface area contributed by atoms with Crippen LogP contribution in [0.25, 0.3) is 0 Å². The number of nitriles is 1. The van der Waals surface area contributed by atoms with Gasteiger partial charge in [-0.25, -0.2) is 0 Å². The Bertz CT molecular complexity index is 929. The smallest absolute Gasteiger partial charge is 0.376 e. The fourth-order valence-corrected chi connectivity index (χ4v) is 5.30. The largest absolute Gasteiger partial charge is 0.534 e. The summed E-state index contributed by atoms with van der Waals surface area (Å²) in [5.41, 5.74) is 1.99. The highest BCUT2D eigenvalue weighted by Gasteiger charge is 2.49. The van der Waals surface area contributed by atoms with Crippen LogP contribution in [0.4, 0.5) is 18.9 Å². The van der Waals surface area contributed by atoms with Crippen LogP contribution < -0.4 is 14.8 Å². The van der Waals surface area contributed by atoms with Crippen LogP contribution in [-0.4, -0.2) is 33.1 Å². The molecule has 0 radical (unpaired) electrons. The topological polar surface area (TPSA) is 96.4 Å². The second-order valence-electron chi connectivity index (χ2n) is 8.40. The summed E-state index contributed by atoms with van der Waals surface area (Å²) in [4.78, 5) is 2.24. The van der Waals surface area contributed by atoms with Gasteiger partial charge in [-0.2, -0.15) is 26.9 Å². The van der Waals surface area contributed by atoms with Gasteiger partial charge in [0.25, 0.3) is 0 Å². The Morgan fingerprint density at radius 1 is 1.43 bits per heavy atom. The fourth-order valence-electron chi connectivity index (χ4n) is 4.85. The molecule has 2 N–H and O–H groups in total. The van der Waals surface area contributed by atoms with E-state index in [1.54, 1.807) is 6.07 Å². The molecule has 10 heteroatoms. The van der Waals surface area contributed by atoms with Crippen LogP contribution in [-0.2, 0) is 16.5 Å². The molecule has 1 fully saturated rings. The Balaban J connectivity index is 1.78. The zero-order valence-corrected chi connectivity index (χ0v) is 17.6. The molecular weight excluding hydrogens is 419 g/mol. The summed E-state index contributed by atoms with van der Waals surface area (Å²) < 4.78 is 64.5. The first-order chi connectivity index (χ1) is 14.0. The Kier molecular flexibility index (Phi) is 6.25. The molecule has 0 aliphatic carbocycles. The summed E-state index contributed by atoms with van der Waals surface area (Å²) in [5.74, 6) is -0.0946. The maximum atomic E-state index is 12.6. The minimum atomic E-state index is -5.69. The number of piperidine rings is 1. The third-order valence-electron chi connectivity index (χ3n) is 6.50. The number of rotatable bonds is 6. The van der Waals surface area contributed by atoms with Crippen molar-refractivity contribution in [3.05, 3.63) is 23.8 Å². The van der Waals surface area contributed by atoms with Crippen LogP contribution in [0, 0.1) is 22.7 Å². The molecule has 3 atom stereocenters. The van der Waals surface area contributed by atoms with Crippen molar-refractivity contribution >= 4 is 15.8 Å². The molecule has 1 aromatic rings. The average molecular weight is 446 g/mol. The van der Waals surface area contributed by atoms with Gasteiger partial charge in [0.1, 0.15) is 5.75 Å². The van der Waals surface area contributed by atoms with Crippen LogP contribution in [0.1, 0.15) is 44.6 Å². The van der Waals surface area contributed by atoms with Gasteiger partial charge in [0, 0.05) is 24.7 Å². The fraction of sp³-hybridized carbons (Fsp3) is 0.650. The molecule has 2 heterocycles. The van der Waals surface area contributed by atoms with E-state index in [-0.39, 0.29) is 23.1 Å². The van der Waals surface area contributed by atoms with E-state index < -0.39 is 15.6 Å². The Hall–Kier alpha value is -1.99. The lowest BCUT2D eigenvalue weighted by atomic mass is 9.65. The summed E-state index contributed by atoms with van der Waals surface area (Å²) in [5, 5.41) is 9.20. The van der Waals surface area contributed by atoms with E-state index in [4.69, 9.17) is 5.73 Å². The highest BCUT2D eigenvalue weighted by Crippen LogP contribution is 2.48. The highest BCUT2D eigenvalue weighted by molar-refractivity contribution is 7.88. The zero-order chi connectivity index (χ0) is 22.2. The SMILES string of the molecule is CC1(C(CC#N)CCN)CCN2c3ccc(OS(=O)(=O)C(F)(F)F)cc3CCC2C1. The van der Waals surface area contributed by atoms with E-state index in [0.717, 1.165) is 43.5 Å². The van der Waals surface area contributed by atoms with E-state index in [0.29, 0.717) is 19.4 Å². The van der Waals surface area contributed by atoms with E-state index in [1.165, 1.54) is 12.1 Å². The first-order valence-corrected chi connectivity index (χ1v) is 11.4. The van der Waals surface area contributed by atoms with Crippen LogP contribution in [0.5, 0.6) is 5.75 Å². The van der Waals surface area contributed by atoms with E-state index in [1.807, 2.05) is 0 Å². The molecule has 1 saturated heterocycles. The Morgan fingerprint density at radius 2 is 2.17 bits per heavy atom. The first-order valence-electron chi connectivity index (χ1n) is 9.98. The maximum absolute atomic E-state index is 12.6. The second-order valence-corrected chi connectivity index (χ2v) is 9.94. The van der Waals surface area contributed by atoms with Crippen molar-refractivity contribution in [3.63, 3.8) is 0 Å². The van der Waals surface area contributed by atoms with Crippen molar-refractivity contribution in [1.29, 1.82) is 5.26 Å². The zero-order valence-electron chi connectivity index (χ0n) is 16.8. The van der Waals surface area contributed by atoms with Gasteiger partial charge in [-0.05, 0) is 73.7 Å². The predicted octanol–water partition coefficient (Wildman–Crippen LogP) is 3.71. The minimum absolute atomic E-state index is 0.0115. The van der Waals surface area contributed by atoms with Gasteiger partial charge < -0.3 is 14.8 Å². The van der Waals surface area contributed by atoms with Crippen LogP contribution in [0.15, 0.2) is 18.2 Å². The van der Waals surface area contributed by atoms with E-state index in [2.05, 4.69) is 22.1 Å². The number of fused-ring (bicyclic) bond motifs is 3. The van der Waals surface area contributed by atoms with Crippen LogP contribution >= 0.6 is 0 Å². The molecule has 3 unspecified atom stereocenters. The van der Waals surface area contributed by atoms with Crippen molar-refractivity contribution in [2.75, 3.05) is 18.0 Å². The molecule has 0 spiro atoms. The lowest BCUT2D eigenvalue weighted by Crippen LogP contribution is -2.51. The first kappa shape index (κ1) is 22.7. The number of aryl methyl sites for hydroxylation is 1. The summed E-state index contributed by atoms with van der Waals surface area (Å²) in [6.07, 6.45) is 4.51. The quantitative estimate of drug-likeness (QED) is 0.530. The molecule has 0 aromatic heterocycles. The van der Waals surface area contributed by atoms with Crippen molar-refractivity contribution in [2.24, 2.45) is 17.1 Å². The van der Waals surface area contributed by atoms with Crippen LogP contribution in [0.3, 0.4) is 0 Å². The molecule has 0 saturated carbocycles. The molecule has 1 aromatic carbocycles. The molecule has 3 rings (SSSR count). The molecule has 6 nitrogen and oxygen atoms in total. The highest BCUT2D eigenvalue weighted by atomic mass is 32.2. The van der Waals surface area contributed by atoms with Gasteiger partial charge in [-0.3, -0.25) is 0 Å². The molecule has 0 amide bonds. The number of benzene rings is 1. The summed E-state index contributed by atoms with van der Waals surface area (Å²) in [6.45, 7) is 3.53. The van der Waals surface area contributed by atoms with Crippen molar-refractivity contribution < 1.29 is 25.8 Å². The van der Waals surface area contributed by atoms with Crippen molar-refractivity contribution in [3.8, 4) is 11.8 Å². The van der Waals surface area contributed by atoms with Gasteiger partial charge in [-0.15, -0.1) is 0 Å². The van der Waals surface area contributed by atoms with Gasteiger partial charge in [0.15, 0.2) is 0 Å². The Morgan fingerprint density at radius 3 is 2.80 bits per heavy atom. The molecule has 166 valence electrons. The lowest BCUT2D eigenvalue weighted by Gasteiger charge is -2.51. The number of nitrogens with zero attached hydrogens (tertiary/aromatic N) is 2. The number of nitrogens with two attached hydrogens (primary N) is 1. The average Bonchev–Trinajstić information content (AvgIpc) is 2.66. The van der Waals surface area contributed by atoms with E-state index in [9.17, 15) is 26.9 Å². The number of hydrogen-bond acceptors (Lipinski definition) is 6. The van der Waals surface area contributed by atoms with Gasteiger partial charge in [-0.1, -0.05) is 6.92 Å². The Labute approximate surface area is 174 Å². The summed E-state index contributed by atoms with van der Waals surface area (Å²) in [7, 11) is -5.69. The molecular formula is C20H26F3N3O3S. The molecule has 2 aliphatic rings. The predicted molar refractivity (Wildman–Crippen MR) is 106 cm³/mol. The standard InChI is InChI=1S/C20H26F3N3O3S/c1-19(15(6-9-24)7-10-25)8-11-26-16(13-19)3-2-14-12-17(4-5-18(14)26)29-30(27,28)20(21,22)23/h4-5,12,15-16H,2-3,6-9,11,13,24H2,1H3. The van der Waals surface area contributed by atoms with Crippen molar-refractivity contribution in [1.82, 2.24) is 0 Å². The molecule has 2 aliphatic heterocycles. The summed E-state index contributed by atoms with van der Waals surface area (Å²) in [6, 6.07) is 6.84. The second kappa shape index (κ2) is 8.27. The van der Waals surface area contributed by atoms with E-state index >= 15 is 0 Å². The third-order valence-corrected chi connectivity index (χ3v) is 7.48. The van der Waals surface area contributed by atoms with Gasteiger partial charge in [0.2, 0.25) is 0 Å². The summed E-state index contributed by atoms with van der Waals surface area (Å²) >= 11 is 0. The number of hydrogen-bond donors (Lipinski definition) is 1. The maximum Gasteiger partial charge on any atom is 0.534 e. The number of anilines is 1. The lowest BCUT2D eigenvalue weighted by molar-refractivity contribution is -0.0500.